The van der Waals surface area contributed by atoms with Gasteiger partial charge in [0.25, 0.3) is 0 Å². The summed E-state index contributed by atoms with van der Waals surface area (Å²) in [6, 6.07) is 1.83. The summed E-state index contributed by atoms with van der Waals surface area (Å²) in [6.45, 7) is 7.12. The largest absolute Gasteiger partial charge is 0.463 e. The molecule has 0 unspecified atom stereocenters. The number of likely N-dealkylation sites (N-methyl/N-ethyl adjacent to an activating group) is 1. The molecule has 18 heavy (non-hydrogen) atoms. The molecule has 0 aromatic carbocycles. The highest BCUT2D eigenvalue weighted by atomic mass is 16.5. The Morgan fingerprint density at radius 2 is 2.11 bits per heavy atom. The summed E-state index contributed by atoms with van der Waals surface area (Å²) in [5.41, 5.74) is 0. The Morgan fingerprint density at radius 1 is 1.39 bits per heavy atom. The minimum Gasteiger partial charge on any atom is -0.463 e. The minimum absolute atomic E-state index is 0.118. The standard InChI is InChI=1S/C12H18N4O2/c1-3-15-6-8-16(9-7-15)10-4-5-13-11(14-10)12(17)18-2/h4-5H,3,6-9H2,1-2H3. The monoisotopic (exact) mass is 250 g/mol. The number of nitrogens with zero attached hydrogens (tertiary/aromatic N) is 4. The average Bonchev–Trinajstić information content (AvgIpc) is 2.46. The smallest absolute Gasteiger partial charge is 0.376 e. The number of anilines is 1. The Morgan fingerprint density at radius 3 is 2.72 bits per heavy atom. The third kappa shape index (κ3) is 2.76. The summed E-state index contributed by atoms with van der Waals surface area (Å²) < 4.78 is 4.62. The molecule has 1 fully saturated rings. The molecule has 1 aromatic rings. The van der Waals surface area contributed by atoms with Gasteiger partial charge in [0, 0.05) is 32.4 Å². The number of ether oxygens (including phenoxy) is 1. The van der Waals surface area contributed by atoms with Crippen LogP contribution < -0.4 is 4.90 Å². The first-order chi connectivity index (χ1) is 8.74. The summed E-state index contributed by atoms with van der Waals surface area (Å²) in [5.74, 6) is 0.415. The van der Waals surface area contributed by atoms with Crippen molar-refractivity contribution in [3.05, 3.63) is 18.1 Å². The van der Waals surface area contributed by atoms with Crippen molar-refractivity contribution in [3.8, 4) is 0 Å². The zero-order valence-electron chi connectivity index (χ0n) is 10.8. The maximum Gasteiger partial charge on any atom is 0.376 e. The number of methoxy groups -OCH3 is 1. The van der Waals surface area contributed by atoms with Gasteiger partial charge in [-0.1, -0.05) is 6.92 Å². The predicted molar refractivity (Wildman–Crippen MR) is 67.7 cm³/mol. The van der Waals surface area contributed by atoms with Gasteiger partial charge in [-0.05, 0) is 12.6 Å². The van der Waals surface area contributed by atoms with Crippen LogP contribution in [0.2, 0.25) is 0 Å². The Kier molecular flexibility index (Phi) is 4.09. The van der Waals surface area contributed by atoms with Crippen LogP contribution in [-0.4, -0.2) is 60.7 Å². The fraction of sp³-hybridized carbons (Fsp3) is 0.583. The molecule has 0 saturated carbocycles. The van der Waals surface area contributed by atoms with Crippen molar-refractivity contribution >= 4 is 11.8 Å². The van der Waals surface area contributed by atoms with Crippen molar-refractivity contribution in [1.29, 1.82) is 0 Å². The van der Waals surface area contributed by atoms with Crippen molar-refractivity contribution in [2.24, 2.45) is 0 Å². The molecule has 98 valence electrons. The summed E-state index contributed by atoms with van der Waals surface area (Å²) in [5, 5.41) is 0. The number of aromatic nitrogens is 2. The van der Waals surface area contributed by atoms with Gasteiger partial charge in [-0.3, -0.25) is 0 Å². The third-order valence-electron chi connectivity index (χ3n) is 3.15. The van der Waals surface area contributed by atoms with E-state index in [1.807, 2.05) is 6.07 Å². The Hall–Kier alpha value is -1.69. The zero-order valence-corrected chi connectivity index (χ0v) is 10.8. The van der Waals surface area contributed by atoms with Crippen molar-refractivity contribution in [2.75, 3.05) is 44.7 Å². The normalized spacial score (nSPS) is 16.7. The molecule has 2 heterocycles. The topological polar surface area (TPSA) is 58.6 Å². The summed E-state index contributed by atoms with van der Waals surface area (Å²) >= 11 is 0. The van der Waals surface area contributed by atoms with E-state index in [-0.39, 0.29) is 5.82 Å². The van der Waals surface area contributed by atoms with Crippen LogP contribution in [0.3, 0.4) is 0 Å². The van der Waals surface area contributed by atoms with Gasteiger partial charge in [0.15, 0.2) is 0 Å². The number of esters is 1. The highest BCUT2D eigenvalue weighted by molar-refractivity contribution is 5.85. The van der Waals surface area contributed by atoms with Crippen LogP contribution in [0.5, 0.6) is 0 Å². The first kappa shape index (κ1) is 12.8. The maximum absolute atomic E-state index is 11.4. The van der Waals surface area contributed by atoms with Crippen molar-refractivity contribution in [3.63, 3.8) is 0 Å². The van der Waals surface area contributed by atoms with Crippen LogP contribution in [0.25, 0.3) is 0 Å². The van der Waals surface area contributed by atoms with Crippen molar-refractivity contribution < 1.29 is 9.53 Å². The van der Waals surface area contributed by atoms with Crippen LogP contribution in [0.1, 0.15) is 17.5 Å². The Bertz CT molecular complexity index is 416. The van der Waals surface area contributed by atoms with Gasteiger partial charge in [0.2, 0.25) is 5.82 Å². The van der Waals surface area contributed by atoms with E-state index < -0.39 is 5.97 Å². The van der Waals surface area contributed by atoms with E-state index in [4.69, 9.17) is 0 Å². The summed E-state index contributed by atoms with van der Waals surface area (Å²) in [7, 11) is 1.33. The Labute approximate surface area is 107 Å². The van der Waals surface area contributed by atoms with Gasteiger partial charge in [0.1, 0.15) is 5.82 Å². The molecule has 0 atom stereocenters. The van der Waals surface area contributed by atoms with Gasteiger partial charge in [-0.15, -0.1) is 0 Å². The van der Waals surface area contributed by atoms with Crippen LogP contribution in [0.4, 0.5) is 5.82 Å². The van der Waals surface area contributed by atoms with Crippen LogP contribution in [-0.2, 0) is 4.74 Å². The van der Waals surface area contributed by atoms with Crippen molar-refractivity contribution in [2.45, 2.75) is 6.92 Å². The minimum atomic E-state index is -0.496. The molecular weight excluding hydrogens is 232 g/mol. The third-order valence-corrected chi connectivity index (χ3v) is 3.15. The number of hydrogen-bond acceptors (Lipinski definition) is 6. The number of hydrogen-bond donors (Lipinski definition) is 0. The first-order valence-corrected chi connectivity index (χ1v) is 6.13. The van der Waals surface area contributed by atoms with E-state index in [0.29, 0.717) is 0 Å². The number of piperazine rings is 1. The van der Waals surface area contributed by atoms with Crippen LogP contribution in [0.15, 0.2) is 12.3 Å². The molecule has 0 amide bonds. The molecule has 0 bridgehead atoms. The molecule has 1 aliphatic rings. The molecule has 0 spiro atoms. The zero-order chi connectivity index (χ0) is 13.0. The molecule has 0 aliphatic carbocycles. The first-order valence-electron chi connectivity index (χ1n) is 6.13. The fourth-order valence-electron chi connectivity index (χ4n) is 2.01. The van der Waals surface area contributed by atoms with E-state index in [0.717, 1.165) is 38.5 Å². The second-order valence-electron chi connectivity index (χ2n) is 4.15. The molecular formula is C12H18N4O2. The van der Waals surface area contributed by atoms with Gasteiger partial charge >= 0.3 is 5.97 Å². The van der Waals surface area contributed by atoms with E-state index in [1.54, 1.807) is 6.20 Å². The lowest BCUT2D eigenvalue weighted by Gasteiger charge is -2.34. The summed E-state index contributed by atoms with van der Waals surface area (Å²) in [6.07, 6.45) is 1.60. The number of carbonyl (C=O) groups excluding carboxylic acids is 1. The molecule has 1 aliphatic heterocycles. The molecule has 1 aromatic heterocycles. The lowest BCUT2D eigenvalue weighted by Crippen LogP contribution is -2.46. The lowest BCUT2D eigenvalue weighted by molar-refractivity contribution is 0.0586. The van der Waals surface area contributed by atoms with E-state index in [1.165, 1.54) is 7.11 Å². The second-order valence-corrected chi connectivity index (χ2v) is 4.15. The molecule has 6 nitrogen and oxygen atoms in total. The Balaban J connectivity index is 2.07. The van der Waals surface area contributed by atoms with E-state index in [2.05, 4.69) is 31.4 Å². The van der Waals surface area contributed by atoms with E-state index >= 15 is 0 Å². The van der Waals surface area contributed by atoms with Gasteiger partial charge < -0.3 is 14.5 Å². The van der Waals surface area contributed by atoms with Crippen LogP contribution in [0, 0.1) is 0 Å². The molecule has 6 heteroatoms. The highest BCUT2D eigenvalue weighted by Gasteiger charge is 2.18. The second kappa shape index (κ2) is 5.77. The van der Waals surface area contributed by atoms with E-state index in [9.17, 15) is 4.79 Å². The van der Waals surface area contributed by atoms with Gasteiger partial charge in [-0.25, -0.2) is 14.8 Å². The fourth-order valence-corrected chi connectivity index (χ4v) is 2.01. The number of carbonyl (C=O) groups is 1. The van der Waals surface area contributed by atoms with Crippen molar-refractivity contribution in [1.82, 2.24) is 14.9 Å². The van der Waals surface area contributed by atoms with Gasteiger partial charge in [-0.2, -0.15) is 0 Å². The molecule has 0 N–H and O–H groups in total. The predicted octanol–water partition coefficient (Wildman–Crippen LogP) is 0.405. The average molecular weight is 250 g/mol. The molecule has 2 rings (SSSR count). The molecule has 0 radical (unpaired) electrons. The highest BCUT2D eigenvalue weighted by Crippen LogP contribution is 2.13. The maximum atomic E-state index is 11.4. The summed E-state index contributed by atoms with van der Waals surface area (Å²) in [4.78, 5) is 24.1. The number of rotatable bonds is 3. The lowest BCUT2D eigenvalue weighted by atomic mass is 10.3. The SMILES string of the molecule is CCN1CCN(c2ccnc(C(=O)OC)n2)CC1. The van der Waals surface area contributed by atoms with Crippen LogP contribution >= 0.6 is 0 Å². The molecule has 1 saturated heterocycles. The quantitative estimate of drug-likeness (QED) is 0.724. The van der Waals surface area contributed by atoms with Gasteiger partial charge in [0.05, 0.1) is 7.11 Å².